The monoisotopic (exact) mass is 319 g/mol. The van der Waals surface area contributed by atoms with Crippen LogP contribution in [-0.2, 0) is 12.7 Å². The molecule has 2 aromatic rings. The van der Waals surface area contributed by atoms with Crippen LogP contribution in [0.25, 0.3) is 0 Å². The number of halogens is 3. The van der Waals surface area contributed by atoms with Gasteiger partial charge in [-0.25, -0.2) is 4.98 Å². The summed E-state index contributed by atoms with van der Waals surface area (Å²) in [5.74, 6) is 0. The Labute approximate surface area is 122 Å². The molecule has 3 nitrogen and oxygen atoms in total. The lowest BCUT2D eigenvalue weighted by Gasteiger charge is -2.13. The van der Waals surface area contributed by atoms with E-state index in [1.807, 2.05) is 6.92 Å². The molecule has 0 radical (unpaired) electrons. The minimum atomic E-state index is -4.38. The summed E-state index contributed by atoms with van der Waals surface area (Å²) in [5.41, 5.74) is -0.0195. The number of alkyl halides is 3. The summed E-state index contributed by atoms with van der Waals surface area (Å²) >= 11 is 2.06. The maximum Gasteiger partial charge on any atom is 0.417 e. The molecule has 0 saturated heterocycles. The molecule has 0 bridgehead atoms. The second kappa shape index (κ2) is 6.55. The molecule has 0 unspecified atom stereocenters. The van der Waals surface area contributed by atoms with Crippen LogP contribution in [0.3, 0.4) is 0 Å². The van der Waals surface area contributed by atoms with Crippen LogP contribution in [0, 0.1) is 0 Å². The van der Waals surface area contributed by atoms with E-state index in [0.717, 1.165) is 23.3 Å². The minimum absolute atomic E-state index is 0.148. The average Bonchev–Trinajstić information content (AvgIpc) is 2.89. The maximum absolute atomic E-state index is 13.1. The van der Waals surface area contributed by atoms with Crippen LogP contribution in [0.5, 0.6) is 0 Å². The molecule has 0 amide bonds. The smallest absolute Gasteiger partial charge is 0.313 e. The van der Waals surface area contributed by atoms with Crippen molar-refractivity contribution in [1.29, 1.82) is 0 Å². The molecular weight excluding hydrogens is 307 g/mol. The van der Waals surface area contributed by atoms with Gasteiger partial charge < -0.3 is 5.32 Å². The Balaban J connectivity index is 2.30. The predicted octanol–water partition coefficient (Wildman–Crippen LogP) is 3.82. The van der Waals surface area contributed by atoms with Crippen LogP contribution in [0.2, 0.25) is 0 Å². The van der Waals surface area contributed by atoms with Crippen LogP contribution in [0.4, 0.5) is 13.2 Å². The molecule has 0 spiro atoms. The largest absolute Gasteiger partial charge is 0.417 e. The van der Waals surface area contributed by atoms with Crippen molar-refractivity contribution in [3.05, 3.63) is 35.7 Å². The second-order valence-electron chi connectivity index (χ2n) is 3.92. The number of hydrogen-bond donors (Lipinski definition) is 1. The van der Waals surface area contributed by atoms with Crippen molar-refractivity contribution in [2.24, 2.45) is 0 Å². The summed E-state index contributed by atoms with van der Waals surface area (Å²) in [6.45, 7) is 3.04. The first kappa shape index (κ1) is 15.3. The Kier molecular flexibility index (Phi) is 5.00. The lowest BCUT2D eigenvalue weighted by Crippen LogP contribution is -2.13. The summed E-state index contributed by atoms with van der Waals surface area (Å²) < 4.78 is 43.6. The molecule has 108 valence electrons. The summed E-state index contributed by atoms with van der Waals surface area (Å²) in [6, 6.07) is 4.37. The van der Waals surface area contributed by atoms with E-state index in [0.29, 0.717) is 23.0 Å². The van der Waals surface area contributed by atoms with E-state index in [2.05, 4.69) is 14.7 Å². The van der Waals surface area contributed by atoms with Crippen molar-refractivity contribution in [2.45, 2.75) is 28.9 Å². The molecular formula is C12H12F3N3S2. The van der Waals surface area contributed by atoms with Crippen molar-refractivity contribution < 1.29 is 13.2 Å². The van der Waals surface area contributed by atoms with Crippen molar-refractivity contribution in [3.63, 3.8) is 0 Å². The number of nitrogens with zero attached hydrogens (tertiary/aromatic N) is 2. The van der Waals surface area contributed by atoms with E-state index in [-0.39, 0.29) is 4.90 Å². The zero-order valence-corrected chi connectivity index (χ0v) is 12.2. The van der Waals surface area contributed by atoms with Crippen LogP contribution >= 0.6 is 23.3 Å². The van der Waals surface area contributed by atoms with Gasteiger partial charge in [-0.2, -0.15) is 17.5 Å². The van der Waals surface area contributed by atoms with E-state index in [4.69, 9.17) is 0 Å². The van der Waals surface area contributed by atoms with Crippen LogP contribution in [0.15, 0.2) is 33.8 Å². The molecule has 0 saturated carbocycles. The fourth-order valence-electron chi connectivity index (χ4n) is 1.57. The molecule has 0 aliphatic rings. The third-order valence-electron chi connectivity index (χ3n) is 2.47. The Morgan fingerprint density at radius 3 is 2.75 bits per heavy atom. The number of aromatic nitrogens is 2. The zero-order chi connectivity index (χ0) is 14.6. The van der Waals surface area contributed by atoms with Crippen molar-refractivity contribution in [2.75, 3.05) is 6.54 Å². The quantitative estimate of drug-likeness (QED) is 0.909. The van der Waals surface area contributed by atoms with Gasteiger partial charge in [-0.05, 0) is 35.8 Å². The average molecular weight is 319 g/mol. The Morgan fingerprint density at radius 2 is 2.15 bits per heavy atom. The van der Waals surface area contributed by atoms with Gasteiger partial charge in [0.05, 0.1) is 5.56 Å². The van der Waals surface area contributed by atoms with Crippen LogP contribution in [0.1, 0.15) is 18.1 Å². The van der Waals surface area contributed by atoms with Gasteiger partial charge in [0.25, 0.3) is 0 Å². The van der Waals surface area contributed by atoms with Crippen LogP contribution < -0.4 is 5.32 Å². The van der Waals surface area contributed by atoms with Gasteiger partial charge in [-0.15, -0.1) is 0 Å². The normalized spacial score (nSPS) is 11.8. The molecule has 0 aliphatic heterocycles. The van der Waals surface area contributed by atoms with E-state index in [1.54, 1.807) is 6.07 Å². The van der Waals surface area contributed by atoms with Gasteiger partial charge in [-0.3, -0.25) is 0 Å². The topological polar surface area (TPSA) is 37.8 Å². The SMILES string of the molecule is CCNCc1ccc(Sc2ncns2)c(C(F)(F)F)c1. The molecule has 0 fully saturated rings. The highest BCUT2D eigenvalue weighted by Crippen LogP contribution is 2.40. The van der Waals surface area contributed by atoms with Gasteiger partial charge in [0.15, 0.2) is 4.34 Å². The number of hydrogen-bond acceptors (Lipinski definition) is 5. The first-order valence-corrected chi connectivity index (χ1v) is 7.45. The van der Waals surface area contributed by atoms with Gasteiger partial charge in [0, 0.05) is 11.4 Å². The zero-order valence-electron chi connectivity index (χ0n) is 10.6. The van der Waals surface area contributed by atoms with E-state index in [9.17, 15) is 13.2 Å². The summed E-state index contributed by atoms with van der Waals surface area (Å²) in [4.78, 5) is 4.05. The third-order valence-corrected chi connectivity index (χ3v) is 4.26. The summed E-state index contributed by atoms with van der Waals surface area (Å²) in [5, 5.41) is 3.01. The maximum atomic E-state index is 13.1. The summed E-state index contributed by atoms with van der Waals surface area (Å²) in [6.07, 6.45) is -3.05. The number of rotatable bonds is 5. The Bertz CT molecular complexity index is 556. The number of benzene rings is 1. The van der Waals surface area contributed by atoms with Crippen molar-refractivity contribution in [3.8, 4) is 0 Å². The molecule has 1 aromatic carbocycles. The molecule has 1 heterocycles. The van der Waals surface area contributed by atoms with Crippen molar-refractivity contribution >= 4 is 23.3 Å². The summed E-state index contributed by atoms with van der Waals surface area (Å²) in [7, 11) is 0. The van der Waals surface area contributed by atoms with Gasteiger partial charge in [-0.1, -0.05) is 24.8 Å². The molecule has 8 heteroatoms. The fourth-order valence-corrected chi connectivity index (χ4v) is 3.10. The Hall–Kier alpha value is -1.12. The standard InChI is InChI=1S/C12H12F3N3S2/c1-2-16-6-8-3-4-10(9(5-8)12(13,14)15)19-11-17-7-18-20-11/h3-5,7,16H,2,6H2,1H3. The third kappa shape index (κ3) is 3.94. The van der Waals surface area contributed by atoms with Gasteiger partial charge in [0.2, 0.25) is 0 Å². The van der Waals surface area contributed by atoms with E-state index >= 15 is 0 Å². The highest BCUT2D eigenvalue weighted by Gasteiger charge is 2.34. The molecule has 20 heavy (non-hydrogen) atoms. The molecule has 2 rings (SSSR count). The van der Waals surface area contributed by atoms with Gasteiger partial charge in [0.1, 0.15) is 6.33 Å². The Morgan fingerprint density at radius 1 is 1.35 bits per heavy atom. The highest BCUT2D eigenvalue weighted by molar-refractivity contribution is 8.01. The lowest BCUT2D eigenvalue weighted by molar-refractivity contribution is -0.139. The van der Waals surface area contributed by atoms with Gasteiger partial charge >= 0.3 is 6.18 Å². The molecule has 1 aromatic heterocycles. The lowest BCUT2D eigenvalue weighted by atomic mass is 10.1. The second-order valence-corrected chi connectivity index (χ2v) is 5.99. The minimum Gasteiger partial charge on any atom is -0.313 e. The number of nitrogens with one attached hydrogen (secondary N) is 1. The van der Waals surface area contributed by atoms with E-state index in [1.165, 1.54) is 18.5 Å². The van der Waals surface area contributed by atoms with E-state index < -0.39 is 11.7 Å². The van der Waals surface area contributed by atoms with Crippen molar-refractivity contribution in [1.82, 2.24) is 14.7 Å². The first-order valence-electron chi connectivity index (χ1n) is 5.86. The fraction of sp³-hybridized carbons (Fsp3) is 0.333. The molecule has 1 N–H and O–H groups in total. The first-order chi connectivity index (χ1) is 9.50. The molecule has 0 atom stereocenters. The highest BCUT2D eigenvalue weighted by atomic mass is 32.2. The predicted molar refractivity (Wildman–Crippen MR) is 72.9 cm³/mol. The van der Waals surface area contributed by atoms with Crippen LogP contribution in [-0.4, -0.2) is 15.9 Å². The molecule has 0 aliphatic carbocycles.